The number of esters is 1. The van der Waals surface area contributed by atoms with Crippen LogP contribution in [0.15, 0.2) is 52.1 Å². The molecule has 1 N–H and O–H groups in total. The Balaban J connectivity index is 2.05. The number of rotatable bonds is 2. The number of hydrogen-bond acceptors (Lipinski definition) is 4. The SMILES string of the molecule is COC(=O)C1=C(C)Nc2nc3cc(C)c(C)cc3n2[C@@H]1c1cccc(Br)c1. The zero-order valence-corrected chi connectivity index (χ0v) is 17.2. The summed E-state index contributed by atoms with van der Waals surface area (Å²) in [6.07, 6.45) is 0. The molecule has 3 aromatic rings. The van der Waals surface area contributed by atoms with Gasteiger partial charge in [-0.3, -0.25) is 4.57 Å². The molecule has 1 aliphatic rings. The van der Waals surface area contributed by atoms with E-state index in [9.17, 15) is 4.79 Å². The Labute approximate surface area is 166 Å². The van der Waals surface area contributed by atoms with Crippen LogP contribution in [0, 0.1) is 13.8 Å². The van der Waals surface area contributed by atoms with Crippen molar-refractivity contribution in [1.82, 2.24) is 9.55 Å². The van der Waals surface area contributed by atoms with Crippen LogP contribution in [-0.4, -0.2) is 22.6 Å². The number of methoxy groups -OCH3 is 1. The van der Waals surface area contributed by atoms with E-state index in [0.29, 0.717) is 5.57 Å². The number of halogens is 1. The number of benzene rings is 2. The second-order valence-electron chi connectivity index (χ2n) is 6.84. The maximum Gasteiger partial charge on any atom is 0.337 e. The van der Waals surface area contributed by atoms with Gasteiger partial charge in [0.2, 0.25) is 5.95 Å². The predicted octanol–water partition coefficient (Wildman–Crippen LogP) is 4.88. The van der Waals surface area contributed by atoms with Gasteiger partial charge in [-0.05, 0) is 61.7 Å². The normalized spacial score (nSPS) is 16.3. The number of allylic oxidation sites excluding steroid dienone is 1. The molecule has 0 amide bonds. The first-order valence-electron chi connectivity index (χ1n) is 8.71. The van der Waals surface area contributed by atoms with Crippen molar-refractivity contribution in [3.8, 4) is 0 Å². The van der Waals surface area contributed by atoms with E-state index < -0.39 is 0 Å². The minimum atomic E-state index is -0.346. The van der Waals surface area contributed by atoms with Gasteiger partial charge in [-0.25, -0.2) is 9.78 Å². The molecule has 0 spiro atoms. The summed E-state index contributed by atoms with van der Waals surface area (Å²) < 4.78 is 8.15. The van der Waals surface area contributed by atoms with Crippen LogP contribution in [0.1, 0.15) is 29.7 Å². The van der Waals surface area contributed by atoms with E-state index in [0.717, 1.165) is 32.7 Å². The molecule has 138 valence electrons. The van der Waals surface area contributed by atoms with E-state index in [1.165, 1.54) is 18.2 Å². The quantitative estimate of drug-likeness (QED) is 0.594. The molecule has 2 heterocycles. The lowest BCUT2D eigenvalue weighted by Gasteiger charge is -2.30. The Morgan fingerprint density at radius 2 is 1.93 bits per heavy atom. The lowest BCUT2D eigenvalue weighted by atomic mass is 9.95. The van der Waals surface area contributed by atoms with E-state index >= 15 is 0 Å². The molecule has 0 radical (unpaired) electrons. The van der Waals surface area contributed by atoms with E-state index in [4.69, 9.17) is 9.72 Å². The lowest BCUT2D eigenvalue weighted by molar-refractivity contribution is -0.136. The molecular formula is C21H20BrN3O2. The van der Waals surface area contributed by atoms with Crippen molar-refractivity contribution in [1.29, 1.82) is 0 Å². The first-order valence-corrected chi connectivity index (χ1v) is 9.50. The molecule has 0 saturated carbocycles. The van der Waals surface area contributed by atoms with Crippen LogP contribution >= 0.6 is 15.9 Å². The summed E-state index contributed by atoms with van der Waals surface area (Å²) in [5.41, 5.74) is 6.59. The summed E-state index contributed by atoms with van der Waals surface area (Å²) in [5.74, 6) is 0.381. The van der Waals surface area contributed by atoms with E-state index in [2.05, 4.69) is 51.8 Å². The zero-order chi connectivity index (χ0) is 19.3. The van der Waals surface area contributed by atoms with Crippen molar-refractivity contribution in [3.05, 3.63) is 68.8 Å². The highest BCUT2D eigenvalue weighted by Crippen LogP contribution is 2.40. The second kappa shape index (κ2) is 6.53. The van der Waals surface area contributed by atoms with Crippen molar-refractivity contribution in [3.63, 3.8) is 0 Å². The molecule has 0 bridgehead atoms. The molecule has 0 unspecified atom stereocenters. The Morgan fingerprint density at radius 3 is 2.63 bits per heavy atom. The van der Waals surface area contributed by atoms with Crippen LogP contribution in [0.5, 0.6) is 0 Å². The predicted molar refractivity (Wildman–Crippen MR) is 110 cm³/mol. The van der Waals surface area contributed by atoms with Crippen LogP contribution in [-0.2, 0) is 9.53 Å². The third kappa shape index (κ3) is 2.84. The van der Waals surface area contributed by atoms with Crippen LogP contribution < -0.4 is 5.32 Å². The highest BCUT2D eigenvalue weighted by atomic mass is 79.9. The minimum Gasteiger partial charge on any atom is -0.466 e. The number of nitrogens with zero attached hydrogens (tertiary/aromatic N) is 2. The number of fused-ring (bicyclic) bond motifs is 3. The fraction of sp³-hybridized carbons (Fsp3) is 0.238. The van der Waals surface area contributed by atoms with Crippen LogP contribution in [0.2, 0.25) is 0 Å². The number of imidazole rings is 1. The van der Waals surface area contributed by atoms with Crippen LogP contribution in [0.4, 0.5) is 5.95 Å². The van der Waals surface area contributed by atoms with Crippen molar-refractivity contribution >= 4 is 38.9 Å². The van der Waals surface area contributed by atoms with Crippen molar-refractivity contribution in [2.45, 2.75) is 26.8 Å². The van der Waals surface area contributed by atoms with Gasteiger partial charge in [0.05, 0.1) is 29.8 Å². The van der Waals surface area contributed by atoms with Gasteiger partial charge in [0.15, 0.2) is 0 Å². The summed E-state index contributed by atoms with van der Waals surface area (Å²) in [7, 11) is 1.41. The molecule has 0 aliphatic carbocycles. The number of aromatic nitrogens is 2. The Kier molecular flexibility index (Phi) is 4.30. The first-order chi connectivity index (χ1) is 12.9. The molecule has 1 atom stereocenters. The zero-order valence-electron chi connectivity index (χ0n) is 15.6. The number of aryl methyl sites for hydroxylation is 2. The molecule has 27 heavy (non-hydrogen) atoms. The van der Waals surface area contributed by atoms with Crippen molar-refractivity contribution < 1.29 is 9.53 Å². The smallest absolute Gasteiger partial charge is 0.337 e. The molecule has 1 aromatic heterocycles. The number of hydrogen-bond donors (Lipinski definition) is 1. The fourth-order valence-electron chi connectivity index (χ4n) is 3.64. The van der Waals surface area contributed by atoms with Gasteiger partial charge >= 0.3 is 5.97 Å². The van der Waals surface area contributed by atoms with Crippen molar-refractivity contribution in [2.75, 3.05) is 12.4 Å². The van der Waals surface area contributed by atoms with Gasteiger partial charge in [-0.1, -0.05) is 28.1 Å². The highest BCUT2D eigenvalue weighted by molar-refractivity contribution is 9.10. The number of carbonyl (C=O) groups is 1. The number of nitrogens with one attached hydrogen (secondary N) is 1. The molecule has 6 heteroatoms. The molecule has 1 aliphatic heterocycles. The maximum atomic E-state index is 12.7. The van der Waals surface area contributed by atoms with Crippen molar-refractivity contribution in [2.24, 2.45) is 0 Å². The number of anilines is 1. The van der Waals surface area contributed by atoms with E-state index in [1.54, 1.807) is 0 Å². The molecule has 2 aromatic carbocycles. The number of carbonyl (C=O) groups excluding carboxylic acids is 1. The van der Waals surface area contributed by atoms with Gasteiger partial charge in [0, 0.05) is 10.2 Å². The van der Waals surface area contributed by atoms with Crippen LogP contribution in [0.3, 0.4) is 0 Å². The summed E-state index contributed by atoms with van der Waals surface area (Å²) in [5, 5.41) is 3.29. The summed E-state index contributed by atoms with van der Waals surface area (Å²) in [4.78, 5) is 17.4. The van der Waals surface area contributed by atoms with Crippen LogP contribution in [0.25, 0.3) is 11.0 Å². The third-order valence-corrected chi connectivity index (χ3v) is 5.60. The van der Waals surface area contributed by atoms with Gasteiger partial charge in [0.1, 0.15) is 0 Å². The molecular weight excluding hydrogens is 406 g/mol. The molecule has 5 nitrogen and oxygen atoms in total. The molecule has 4 rings (SSSR count). The minimum absolute atomic E-state index is 0.321. The second-order valence-corrected chi connectivity index (χ2v) is 7.76. The summed E-state index contributed by atoms with van der Waals surface area (Å²) >= 11 is 3.55. The van der Waals surface area contributed by atoms with Gasteiger partial charge in [-0.15, -0.1) is 0 Å². The first kappa shape index (κ1) is 17.8. The number of ether oxygens (including phenoxy) is 1. The monoisotopic (exact) mass is 425 g/mol. The molecule has 0 fully saturated rings. The van der Waals surface area contributed by atoms with E-state index in [-0.39, 0.29) is 12.0 Å². The topological polar surface area (TPSA) is 56.1 Å². The summed E-state index contributed by atoms with van der Waals surface area (Å²) in [6.45, 7) is 6.05. The molecule has 0 saturated heterocycles. The Bertz CT molecular complexity index is 1110. The third-order valence-electron chi connectivity index (χ3n) is 5.11. The average molecular weight is 426 g/mol. The van der Waals surface area contributed by atoms with Gasteiger partial charge < -0.3 is 10.1 Å². The van der Waals surface area contributed by atoms with E-state index in [1.807, 2.05) is 31.2 Å². The Morgan fingerprint density at radius 1 is 1.19 bits per heavy atom. The fourth-order valence-corrected chi connectivity index (χ4v) is 4.05. The average Bonchev–Trinajstić information content (AvgIpc) is 2.97. The summed E-state index contributed by atoms with van der Waals surface area (Å²) in [6, 6.07) is 11.9. The lowest BCUT2D eigenvalue weighted by Crippen LogP contribution is -2.28. The maximum absolute atomic E-state index is 12.7. The van der Waals surface area contributed by atoms with Gasteiger partial charge in [0.25, 0.3) is 0 Å². The largest absolute Gasteiger partial charge is 0.466 e. The highest BCUT2D eigenvalue weighted by Gasteiger charge is 2.34. The Hall–Kier alpha value is -2.60. The van der Waals surface area contributed by atoms with Gasteiger partial charge in [-0.2, -0.15) is 0 Å². The standard InChI is InChI=1S/C21H20BrN3O2/c1-11-8-16-17(9-12(11)2)25-19(14-6-5-7-15(22)10-14)18(20(26)27-4)13(3)23-21(25)24-16/h5-10,19H,1-4H3,(H,23,24)/t19-/m1/s1.